The second-order valence-corrected chi connectivity index (χ2v) is 6.37. The van der Waals surface area contributed by atoms with E-state index in [1.54, 1.807) is 0 Å². The fraction of sp³-hybridized carbons (Fsp3) is 1.00. The lowest BCUT2D eigenvalue weighted by atomic mass is 9.93. The van der Waals surface area contributed by atoms with Crippen LogP contribution in [0.1, 0.15) is 38.5 Å². The van der Waals surface area contributed by atoms with Crippen molar-refractivity contribution in [2.24, 2.45) is 5.92 Å². The van der Waals surface area contributed by atoms with Crippen molar-refractivity contribution in [2.45, 2.75) is 44.6 Å². The van der Waals surface area contributed by atoms with E-state index in [2.05, 4.69) is 29.2 Å². The van der Waals surface area contributed by atoms with Crippen molar-refractivity contribution in [1.82, 2.24) is 15.1 Å². The van der Waals surface area contributed by atoms with Gasteiger partial charge in [-0.05, 0) is 91.3 Å². The summed E-state index contributed by atoms with van der Waals surface area (Å²) in [7, 11) is 4.44. The third-order valence-corrected chi connectivity index (χ3v) is 4.83. The van der Waals surface area contributed by atoms with Gasteiger partial charge in [0.15, 0.2) is 0 Å². The maximum absolute atomic E-state index is 3.45. The number of likely N-dealkylation sites (tertiary alicyclic amines) is 1. The topological polar surface area (TPSA) is 18.5 Å². The van der Waals surface area contributed by atoms with Crippen molar-refractivity contribution in [3.05, 3.63) is 0 Å². The molecule has 2 fully saturated rings. The van der Waals surface area contributed by atoms with Crippen LogP contribution in [-0.4, -0.2) is 62.7 Å². The highest BCUT2D eigenvalue weighted by atomic mass is 15.2. The standard InChI is InChI=1S/C15H31N3/c1-17(2)15-7-12-18(13-8-15)11-3-4-14-5-9-16-10-6-14/h14-16H,3-13H2,1-2H3. The van der Waals surface area contributed by atoms with Crippen molar-refractivity contribution in [2.75, 3.05) is 46.8 Å². The predicted octanol–water partition coefficient (Wildman–Crippen LogP) is 1.79. The highest BCUT2D eigenvalue weighted by Crippen LogP contribution is 2.19. The third-order valence-electron chi connectivity index (χ3n) is 4.83. The van der Waals surface area contributed by atoms with E-state index >= 15 is 0 Å². The summed E-state index contributed by atoms with van der Waals surface area (Å²) in [5.74, 6) is 1.01. The number of hydrogen-bond acceptors (Lipinski definition) is 3. The summed E-state index contributed by atoms with van der Waals surface area (Å²) in [6.45, 7) is 6.46. The Labute approximate surface area is 113 Å². The van der Waals surface area contributed by atoms with Gasteiger partial charge in [0.2, 0.25) is 0 Å². The van der Waals surface area contributed by atoms with Crippen LogP contribution in [0.3, 0.4) is 0 Å². The molecular weight excluding hydrogens is 222 g/mol. The second kappa shape index (κ2) is 7.46. The first kappa shape index (κ1) is 14.3. The molecule has 2 aliphatic heterocycles. The lowest BCUT2D eigenvalue weighted by Gasteiger charge is -2.35. The van der Waals surface area contributed by atoms with Gasteiger partial charge >= 0.3 is 0 Å². The number of hydrogen-bond donors (Lipinski definition) is 1. The van der Waals surface area contributed by atoms with Gasteiger partial charge in [0.05, 0.1) is 0 Å². The Morgan fingerprint density at radius 3 is 2.33 bits per heavy atom. The molecule has 2 heterocycles. The second-order valence-electron chi connectivity index (χ2n) is 6.37. The summed E-state index contributed by atoms with van der Waals surface area (Å²) in [4.78, 5) is 5.08. The molecule has 0 spiro atoms. The van der Waals surface area contributed by atoms with Gasteiger partial charge in [-0.25, -0.2) is 0 Å². The summed E-state index contributed by atoms with van der Waals surface area (Å²) >= 11 is 0. The third kappa shape index (κ3) is 4.52. The maximum atomic E-state index is 3.45. The van der Waals surface area contributed by atoms with Gasteiger partial charge in [0, 0.05) is 6.04 Å². The van der Waals surface area contributed by atoms with E-state index in [0.717, 1.165) is 12.0 Å². The monoisotopic (exact) mass is 253 g/mol. The van der Waals surface area contributed by atoms with Gasteiger partial charge in [-0.1, -0.05) is 0 Å². The molecule has 0 bridgehead atoms. The van der Waals surface area contributed by atoms with Crippen molar-refractivity contribution in [3.8, 4) is 0 Å². The van der Waals surface area contributed by atoms with Gasteiger partial charge in [0.1, 0.15) is 0 Å². The number of nitrogens with one attached hydrogen (secondary N) is 1. The average Bonchev–Trinajstić information content (AvgIpc) is 2.40. The van der Waals surface area contributed by atoms with E-state index < -0.39 is 0 Å². The molecule has 3 nitrogen and oxygen atoms in total. The van der Waals surface area contributed by atoms with Gasteiger partial charge in [-0.3, -0.25) is 0 Å². The SMILES string of the molecule is CN(C)C1CCN(CCCC2CCNCC2)CC1. The molecule has 2 aliphatic rings. The number of rotatable bonds is 5. The Bertz CT molecular complexity index is 216. The highest BCUT2D eigenvalue weighted by molar-refractivity contribution is 4.77. The van der Waals surface area contributed by atoms with Gasteiger partial charge in [-0.2, -0.15) is 0 Å². The van der Waals surface area contributed by atoms with E-state index in [1.807, 2.05) is 0 Å². The molecule has 3 heteroatoms. The first-order chi connectivity index (χ1) is 8.75. The molecule has 1 N–H and O–H groups in total. The fourth-order valence-electron chi connectivity index (χ4n) is 3.43. The van der Waals surface area contributed by atoms with E-state index in [1.165, 1.54) is 71.2 Å². The van der Waals surface area contributed by atoms with Crippen LogP contribution in [0.15, 0.2) is 0 Å². The van der Waals surface area contributed by atoms with Crippen LogP contribution >= 0.6 is 0 Å². The van der Waals surface area contributed by atoms with Crippen molar-refractivity contribution in [1.29, 1.82) is 0 Å². The number of nitrogens with zero attached hydrogens (tertiary/aromatic N) is 2. The molecule has 0 atom stereocenters. The Balaban J connectivity index is 1.55. The molecule has 0 aromatic carbocycles. The molecule has 0 radical (unpaired) electrons. The Morgan fingerprint density at radius 1 is 1.06 bits per heavy atom. The summed E-state index contributed by atoms with van der Waals surface area (Å²) in [5.41, 5.74) is 0. The largest absolute Gasteiger partial charge is 0.317 e. The van der Waals surface area contributed by atoms with Gasteiger partial charge in [-0.15, -0.1) is 0 Å². The first-order valence-electron chi connectivity index (χ1n) is 7.85. The average molecular weight is 253 g/mol. The minimum atomic E-state index is 0.825. The molecular formula is C15H31N3. The van der Waals surface area contributed by atoms with E-state index in [-0.39, 0.29) is 0 Å². The van der Waals surface area contributed by atoms with Gasteiger partial charge < -0.3 is 15.1 Å². The van der Waals surface area contributed by atoms with E-state index in [0.29, 0.717) is 0 Å². The quantitative estimate of drug-likeness (QED) is 0.806. The maximum Gasteiger partial charge on any atom is 0.0113 e. The molecule has 18 heavy (non-hydrogen) atoms. The van der Waals surface area contributed by atoms with Gasteiger partial charge in [0.25, 0.3) is 0 Å². The fourth-order valence-corrected chi connectivity index (χ4v) is 3.43. The zero-order chi connectivity index (χ0) is 12.8. The molecule has 0 aromatic rings. The summed E-state index contributed by atoms with van der Waals surface area (Å²) < 4.78 is 0. The minimum Gasteiger partial charge on any atom is -0.317 e. The van der Waals surface area contributed by atoms with Crippen LogP contribution in [0.5, 0.6) is 0 Å². The smallest absolute Gasteiger partial charge is 0.0113 e. The summed E-state index contributed by atoms with van der Waals surface area (Å²) in [6, 6.07) is 0.825. The van der Waals surface area contributed by atoms with E-state index in [9.17, 15) is 0 Å². The normalized spacial score (nSPS) is 24.8. The Morgan fingerprint density at radius 2 is 1.72 bits per heavy atom. The van der Waals surface area contributed by atoms with Crippen LogP contribution in [0.4, 0.5) is 0 Å². The zero-order valence-corrected chi connectivity index (χ0v) is 12.3. The molecule has 0 amide bonds. The Hall–Kier alpha value is -0.120. The molecule has 2 saturated heterocycles. The predicted molar refractivity (Wildman–Crippen MR) is 78.0 cm³/mol. The van der Waals surface area contributed by atoms with Crippen molar-refractivity contribution < 1.29 is 0 Å². The van der Waals surface area contributed by atoms with Crippen LogP contribution in [0, 0.1) is 5.92 Å². The minimum absolute atomic E-state index is 0.825. The lowest BCUT2D eigenvalue weighted by molar-refractivity contribution is 0.141. The first-order valence-corrected chi connectivity index (χ1v) is 7.85. The van der Waals surface area contributed by atoms with E-state index in [4.69, 9.17) is 0 Å². The highest BCUT2D eigenvalue weighted by Gasteiger charge is 2.20. The zero-order valence-electron chi connectivity index (χ0n) is 12.3. The molecule has 0 aliphatic carbocycles. The lowest BCUT2D eigenvalue weighted by Crippen LogP contribution is -2.42. The molecule has 106 valence electrons. The van der Waals surface area contributed by atoms with Crippen molar-refractivity contribution in [3.63, 3.8) is 0 Å². The molecule has 2 rings (SSSR count). The molecule has 0 aromatic heterocycles. The van der Waals surface area contributed by atoms with Crippen LogP contribution in [-0.2, 0) is 0 Å². The summed E-state index contributed by atoms with van der Waals surface area (Å²) in [6.07, 6.45) is 8.40. The van der Waals surface area contributed by atoms with Crippen LogP contribution in [0.25, 0.3) is 0 Å². The van der Waals surface area contributed by atoms with Crippen LogP contribution in [0.2, 0.25) is 0 Å². The molecule has 0 unspecified atom stereocenters. The number of piperidine rings is 2. The summed E-state index contributed by atoms with van der Waals surface area (Å²) in [5, 5.41) is 3.45. The molecule has 0 saturated carbocycles. The Kier molecular flexibility index (Phi) is 5.93. The van der Waals surface area contributed by atoms with Crippen molar-refractivity contribution >= 4 is 0 Å². The van der Waals surface area contributed by atoms with Crippen LogP contribution < -0.4 is 5.32 Å².